The number of hydrogen-bond acceptors (Lipinski definition) is 4. The van der Waals surface area contributed by atoms with Gasteiger partial charge in [-0.05, 0) is 24.3 Å². The molecule has 0 saturated carbocycles. The lowest BCUT2D eigenvalue weighted by molar-refractivity contribution is 0.385. The number of hydrogen-bond donors (Lipinski definition) is 1. The van der Waals surface area contributed by atoms with E-state index in [1.54, 1.807) is 0 Å². The van der Waals surface area contributed by atoms with E-state index in [0.717, 1.165) is 5.69 Å². The van der Waals surface area contributed by atoms with Crippen LogP contribution in [0.4, 0.5) is 5.69 Å². The van der Waals surface area contributed by atoms with Gasteiger partial charge in [-0.1, -0.05) is 11.6 Å². The Kier molecular flexibility index (Phi) is 4.67. The summed E-state index contributed by atoms with van der Waals surface area (Å²) in [4.78, 5) is 2.16. The third-order valence-electron chi connectivity index (χ3n) is 3.20. The fourth-order valence-corrected chi connectivity index (χ4v) is 3.56. The molecule has 1 saturated heterocycles. The molecule has 1 heterocycles. The lowest BCUT2D eigenvalue weighted by Crippen LogP contribution is -2.49. The van der Waals surface area contributed by atoms with Gasteiger partial charge in [-0.15, -0.1) is 0 Å². The summed E-state index contributed by atoms with van der Waals surface area (Å²) in [7, 11) is -3.19. The minimum Gasteiger partial charge on any atom is -0.369 e. The second kappa shape index (κ2) is 6.09. The van der Waals surface area contributed by atoms with E-state index in [0.29, 0.717) is 31.2 Å². The first-order chi connectivity index (χ1) is 9.03. The third-order valence-corrected chi connectivity index (χ3v) is 5.36. The Bertz CT molecular complexity index is 510. The number of anilines is 1. The number of rotatable bonds is 4. The summed E-state index contributed by atoms with van der Waals surface area (Å²) in [5.74, 6) is 0.0218. The predicted octanol–water partition coefficient (Wildman–Crippen LogP) is 0.751. The van der Waals surface area contributed by atoms with Crippen LogP contribution in [-0.4, -0.2) is 51.2 Å². The molecule has 0 atom stereocenters. The molecule has 1 fully saturated rings. The van der Waals surface area contributed by atoms with Gasteiger partial charge in [0, 0.05) is 43.4 Å². The highest BCUT2D eigenvalue weighted by molar-refractivity contribution is 7.89. The van der Waals surface area contributed by atoms with E-state index in [9.17, 15) is 8.42 Å². The van der Waals surface area contributed by atoms with E-state index in [2.05, 4.69) is 4.90 Å². The number of nitrogens with zero attached hydrogens (tertiary/aromatic N) is 2. The summed E-state index contributed by atoms with van der Waals surface area (Å²) in [6.45, 7) is 2.55. The summed E-state index contributed by atoms with van der Waals surface area (Å²) in [5, 5.41) is 0.702. The Morgan fingerprint density at radius 2 is 1.68 bits per heavy atom. The van der Waals surface area contributed by atoms with E-state index < -0.39 is 10.0 Å². The topological polar surface area (TPSA) is 66.6 Å². The number of piperazine rings is 1. The zero-order valence-electron chi connectivity index (χ0n) is 10.6. The van der Waals surface area contributed by atoms with Gasteiger partial charge in [-0.3, -0.25) is 0 Å². The van der Waals surface area contributed by atoms with Crippen molar-refractivity contribution >= 4 is 27.3 Å². The molecule has 2 N–H and O–H groups in total. The van der Waals surface area contributed by atoms with Crippen LogP contribution in [0.5, 0.6) is 0 Å². The molecule has 1 aromatic rings. The van der Waals surface area contributed by atoms with Gasteiger partial charge in [-0.2, -0.15) is 4.31 Å². The molecule has 1 aliphatic rings. The smallest absolute Gasteiger partial charge is 0.215 e. The summed E-state index contributed by atoms with van der Waals surface area (Å²) < 4.78 is 25.3. The summed E-state index contributed by atoms with van der Waals surface area (Å²) in [5.41, 5.74) is 6.39. The fraction of sp³-hybridized carbons (Fsp3) is 0.500. The van der Waals surface area contributed by atoms with Gasteiger partial charge in [0.05, 0.1) is 5.75 Å². The second-order valence-electron chi connectivity index (χ2n) is 4.47. The van der Waals surface area contributed by atoms with Crippen molar-refractivity contribution in [2.24, 2.45) is 5.73 Å². The molecular formula is C12H18ClN3O2S. The van der Waals surface area contributed by atoms with Crippen LogP contribution >= 0.6 is 11.6 Å². The molecule has 0 unspecified atom stereocenters. The minimum atomic E-state index is -3.19. The van der Waals surface area contributed by atoms with Gasteiger partial charge in [0.1, 0.15) is 0 Å². The zero-order chi connectivity index (χ0) is 13.9. The lowest BCUT2D eigenvalue weighted by Gasteiger charge is -2.35. The lowest BCUT2D eigenvalue weighted by atomic mass is 10.2. The Morgan fingerprint density at radius 3 is 2.21 bits per heavy atom. The van der Waals surface area contributed by atoms with Crippen LogP contribution in [-0.2, 0) is 10.0 Å². The van der Waals surface area contributed by atoms with Crippen molar-refractivity contribution in [3.63, 3.8) is 0 Å². The van der Waals surface area contributed by atoms with E-state index in [4.69, 9.17) is 17.3 Å². The van der Waals surface area contributed by atoms with Crippen LogP contribution in [0.15, 0.2) is 24.3 Å². The van der Waals surface area contributed by atoms with Crippen LogP contribution in [0.25, 0.3) is 0 Å². The van der Waals surface area contributed by atoms with Gasteiger partial charge < -0.3 is 10.6 Å². The van der Waals surface area contributed by atoms with E-state index in [-0.39, 0.29) is 12.3 Å². The average molecular weight is 304 g/mol. The van der Waals surface area contributed by atoms with Crippen molar-refractivity contribution in [2.45, 2.75) is 0 Å². The summed E-state index contributed by atoms with van der Waals surface area (Å²) in [6.07, 6.45) is 0. The molecule has 0 bridgehead atoms. The highest BCUT2D eigenvalue weighted by Gasteiger charge is 2.26. The SMILES string of the molecule is NCCS(=O)(=O)N1CCN(c2ccc(Cl)cc2)CC1. The van der Waals surface area contributed by atoms with Crippen LogP contribution in [0.3, 0.4) is 0 Å². The number of halogens is 1. The van der Waals surface area contributed by atoms with E-state index in [1.165, 1.54) is 4.31 Å². The predicted molar refractivity (Wildman–Crippen MR) is 78.1 cm³/mol. The standard InChI is InChI=1S/C12H18ClN3O2S/c13-11-1-3-12(4-2-11)15-6-8-16(9-7-15)19(17,18)10-5-14/h1-4H,5-10,14H2. The third kappa shape index (κ3) is 3.60. The maximum absolute atomic E-state index is 11.9. The molecule has 2 rings (SSSR count). The summed E-state index contributed by atoms with van der Waals surface area (Å²) in [6, 6.07) is 7.58. The molecule has 1 aliphatic heterocycles. The average Bonchev–Trinajstić information content (AvgIpc) is 2.40. The normalized spacial score (nSPS) is 17.7. The second-order valence-corrected chi connectivity index (χ2v) is 6.99. The fourth-order valence-electron chi connectivity index (χ4n) is 2.15. The molecule has 106 valence electrons. The van der Waals surface area contributed by atoms with E-state index in [1.807, 2.05) is 24.3 Å². The van der Waals surface area contributed by atoms with Gasteiger partial charge in [-0.25, -0.2) is 8.42 Å². The maximum atomic E-state index is 11.9. The first-order valence-electron chi connectivity index (χ1n) is 6.21. The van der Waals surface area contributed by atoms with Crippen LogP contribution in [0, 0.1) is 0 Å². The van der Waals surface area contributed by atoms with Crippen LogP contribution in [0.1, 0.15) is 0 Å². The molecule has 0 spiro atoms. The van der Waals surface area contributed by atoms with E-state index >= 15 is 0 Å². The Morgan fingerprint density at radius 1 is 1.11 bits per heavy atom. The molecule has 7 heteroatoms. The molecule has 0 amide bonds. The molecule has 19 heavy (non-hydrogen) atoms. The molecule has 1 aromatic carbocycles. The molecular weight excluding hydrogens is 286 g/mol. The highest BCUT2D eigenvalue weighted by Crippen LogP contribution is 2.20. The maximum Gasteiger partial charge on any atom is 0.215 e. The van der Waals surface area contributed by atoms with Crippen molar-refractivity contribution in [1.82, 2.24) is 4.31 Å². The quantitative estimate of drug-likeness (QED) is 0.891. The Hall–Kier alpha value is -0.820. The van der Waals surface area contributed by atoms with Crippen molar-refractivity contribution < 1.29 is 8.42 Å². The monoisotopic (exact) mass is 303 g/mol. The van der Waals surface area contributed by atoms with Crippen molar-refractivity contribution in [3.8, 4) is 0 Å². The molecule has 0 aromatic heterocycles. The Labute approximate surface area is 119 Å². The molecule has 0 radical (unpaired) electrons. The van der Waals surface area contributed by atoms with Crippen LogP contribution < -0.4 is 10.6 Å². The summed E-state index contributed by atoms with van der Waals surface area (Å²) >= 11 is 5.85. The first kappa shape index (κ1) is 14.6. The highest BCUT2D eigenvalue weighted by atomic mass is 35.5. The zero-order valence-corrected chi connectivity index (χ0v) is 12.2. The number of sulfonamides is 1. The number of benzene rings is 1. The first-order valence-corrected chi connectivity index (χ1v) is 8.20. The molecule has 0 aliphatic carbocycles. The van der Waals surface area contributed by atoms with Gasteiger partial charge >= 0.3 is 0 Å². The largest absolute Gasteiger partial charge is 0.369 e. The van der Waals surface area contributed by atoms with Crippen molar-refractivity contribution in [1.29, 1.82) is 0 Å². The Balaban J connectivity index is 1.98. The van der Waals surface area contributed by atoms with Crippen molar-refractivity contribution in [2.75, 3.05) is 43.4 Å². The van der Waals surface area contributed by atoms with Crippen molar-refractivity contribution in [3.05, 3.63) is 29.3 Å². The molecule has 5 nitrogen and oxygen atoms in total. The van der Waals surface area contributed by atoms with Gasteiger partial charge in [0.15, 0.2) is 0 Å². The van der Waals surface area contributed by atoms with Gasteiger partial charge in [0.2, 0.25) is 10.0 Å². The van der Waals surface area contributed by atoms with Crippen LogP contribution in [0.2, 0.25) is 5.02 Å². The van der Waals surface area contributed by atoms with Gasteiger partial charge in [0.25, 0.3) is 0 Å². The number of nitrogens with two attached hydrogens (primary N) is 1. The minimum absolute atomic E-state index is 0.0218.